The third-order valence-corrected chi connectivity index (χ3v) is 4.35. The van der Waals surface area contributed by atoms with E-state index in [1.807, 2.05) is 18.2 Å². The molecule has 0 saturated carbocycles. The van der Waals surface area contributed by atoms with Crippen LogP contribution in [0.2, 0.25) is 5.02 Å². The van der Waals surface area contributed by atoms with Crippen LogP contribution in [-0.2, 0) is 6.42 Å². The van der Waals surface area contributed by atoms with Crippen LogP contribution in [0.5, 0.6) is 17.2 Å². The van der Waals surface area contributed by atoms with Crippen LogP contribution in [0.3, 0.4) is 0 Å². The van der Waals surface area contributed by atoms with E-state index in [2.05, 4.69) is 26.8 Å². The Morgan fingerprint density at radius 3 is 2.36 bits per heavy atom. The van der Waals surface area contributed by atoms with E-state index in [-0.39, 0.29) is 0 Å². The van der Waals surface area contributed by atoms with Crippen molar-refractivity contribution < 1.29 is 14.2 Å². The maximum atomic E-state index is 6.33. The fourth-order valence-electron chi connectivity index (χ4n) is 2.67. The van der Waals surface area contributed by atoms with Crippen LogP contribution in [-0.4, -0.2) is 26.9 Å². The predicted molar refractivity (Wildman–Crippen MR) is 102 cm³/mol. The maximum absolute atomic E-state index is 6.33. The number of hydrogen-bond acceptors (Lipinski definition) is 4. The van der Waals surface area contributed by atoms with Gasteiger partial charge in [-0.25, -0.2) is 0 Å². The van der Waals surface area contributed by atoms with Crippen LogP contribution in [0.15, 0.2) is 24.3 Å². The zero-order valence-corrected chi connectivity index (χ0v) is 16.1. The van der Waals surface area contributed by atoms with Crippen molar-refractivity contribution in [2.45, 2.75) is 27.2 Å². The molecule has 0 fully saturated rings. The van der Waals surface area contributed by atoms with Crippen molar-refractivity contribution in [2.24, 2.45) is 5.73 Å². The summed E-state index contributed by atoms with van der Waals surface area (Å²) in [6, 6.07) is 7.95. The molecule has 0 atom stereocenters. The van der Waals surface area contributed by atoms with Gasteiger partial charge in [0, 0.05) is 0 Å². The summed E-state index contributed by atoms with van der Waals surface area (Å²) in [6.07, 6.45) is 0.742. The summed E-state index contributed by atoms with van der Waals surface area (Å²) in [7, 11) is 1.60. The fraction of sp³-hybridized carbons (Fsp3) is 0.400. The Bertz CT molecular complexity index is 731. The van der Waals surface area contributed by atoms with Crippen molar-refractivity contribution in [3.63, 3.8) is 0 Å². The first-order valence-electron chi connectivity index (χ1n) is 8.36. The highest BCUT2D eigenvalue weighted by Gasteiger charge is 2.12. The lowest BCUT2D eigenvalue weighted by Crippen LogP contribution is -2.11. The smallest absolute Gasteiger partial charge is 0.179 e. The summed E-state index contributed by atoms with van der Waals surface area (Å²) in [5, 5.41) is 0.519. The number of methoxy groups -OCH3 is 1. The highest BCUT2D eigenvalue weighted by molar-refractivity contribution is 6.32. The molecule has 0 saturated heterocycles. The summed E-state index contributed by atoms with van der Waals surface area (Å²) < 4.78 is 17.1. The van der Waals surface area contributed by atoms with E-state index in [1.165, 1.54) is 11.1 Å². The first-order chi connectivity index (χ1) is 12.0. The monoisotopic (exact) mass is 363 g/mol. The molecule has 4 nitrogen and oxygen atoms in total. The summed E-state index contributed by atoms with van der Waals surface area (Å²) in [5.41, 5.74) is 10.2. The zero-order valence-electron chi connectivity index (χ0n) is 15.3. The predicted octanol–water partition coefficient (Wildman–Crippen LogP) is 4.23. The van der Waals surface area contributed by atoms with Gasteiger partial charge in [-0.2, -0.15) is 0 Å². The highest BCUT2D eigenvalue weighted by atomic mass is 35.5. The van der Waals surface area contributed by atoms with Crippen LogP contribution < -0.4 is 19.9 Å². The van der Waals surface area contributed by atoms with Crippen LogP contribution in [0.25, 0.3) is 0 Å². The Kier molecular flexibility index (Phi) is 6.97. The Morgan fingerprint density at radius 2 is 1.68 bits per heavy atom. The standard InChI is InChI=1S/C20H26ClNO3/c1-13-9-14(2)15(3)18(10-13)24-7-8-25-20-17(21)11-16(5-6-22)12-19(20)23-4/h9-12H,5-8,22H2,1-4H3. The van der Waals surface area contributed by atoms with E-state index in [9.17, 15) is 0 Å². The molecule has 136 valence electrons. The molecule has 0 aliphatic carbocycles. The molecule has 0 amide bonds. The third kappa shape index (κ3) is 5.03. The van der Waals surface area contributed by atoms with Gasteiger partial charge in [0.15, 0.2) is 11.5 Å². The zero-order chi connectivity index (χ0) is 18.4. The molecule has 2 N–H and O–H groups in total. The second kappa shape index (κ2) is 8.97. The van der Waals surface area contributed by atoms with Crippen molar-refractivity contribution in [3.8, 4) is 17.2 Å². The minimum Gasteiger partial charge on any atom is -0.493 e. The van der Waals surface area contributed by atoms with Gasteiger partial charge in [0.25, 0.3) is 0 Å². The maximum Gasteiger partial charge on any atom is 0.179 e. The molecule has 25 heavy (non-hydrogen) atoms. The average Bonchev–Trinajstić information content (AvgIpc) is 2.57. The molecule has 0 heterocycles. The van der Waals surface area contributed by atoms with Gasteiger partial charge >= 0.3 is 0 Å². The molecule has 0 aliphatic heterocycles. The summed E-state index contributed by atoms with van der Waals surface area (Å²) >= 11 is 6.33. The molecule has 2 rings (SSSR count). The average molecular weight is 364 g/mol. The Hall–Kier alpha value is -1.91. The largest absolute Gasteiger partial charge is 0.493 e. The first-order valence-corrected chi connectivity index (χ1v) is 8.74. The molecule has 2 aromatic rings. The molecule has 0 aromatic heterocycles. The molecule has 0 radical (unpaired) electrons. The van der Waals surface area contributed by atoms with Gasteiger partial charge in [-0.05, 0) is 74.2 Å². The first kappa shape index (κ1) is 19.4. The minimum atomic E-state index is 0.374. The van der Waals surface area contributed by atoms with Crippen LogP contribution in [0.1, 0.15) is 22.3 Å². The van der Waals surface area contributed by atoms with Gasteiger partial charge in [0.1, 0.15) is 19.0 Å². The number of nitrogens with two attached hydrogens (primary N) is 1. The van der Waals surface area contributed by atoms with Crippen molar-refractivity contribution in [1.82, 2.24) is 0 Å². The van der Waals surface area contributed by atoms with Gasteiger partial charge in [0.2, 0.25) is 0 Å². The lowest BCUT2D eigenvalue weighted by molar-refractivity contribution is 0.210. The van der Waals surface area contributed by atoms with E-state index in [0.29, 0.717) is 36.3 Å². The third-order valence-electron chi connectivity index (χ3n) is 4.07. The quantitative estimate of drug-likeness (QED) is 0.713. The van der Waals surface area contributed by atoms with Crippen molar-refractivity contribution in [2.75, 3.05) is 26.9 Å². The van der Waals surface area contributed by atoms with Crippen LogP contribution >= 0.6 is 11.6 Å². The number of ether oxygens (including phenoxy) is 3. The molecular weight excluding hydrogens is 338 g/mol. The second-order valence-corrected chi connectivity index (χ2v) is 6.46. The van der Waals surface area contributed by atoms with Crippen molar-refractivity contribution in [1.29, 1.82) is 0 Å². The second-order valence-electron chi connectivity index (χ2n) is 6.05. The molecule has 0 bridgehead atoms. The van der Waals surface area contributed by atoms with Crippen LogP contribution in [0, 0.1) is 20.8 Å². The number of benzene rings is 2. The summed E-state index contributed by atoms with van der Waals surface area (Å²) in [5.74, 6) is 2.03. The van der Waals surface area contributed by atoms with Gasteiger partial charge in [-0.3, -0.25) is 0 Å². The Balaban J connectivity index is 2.00. The van der Waals surface area contributed by atoms with Crippen molar-refractivity contribution in [3.05, 3.63) is 51.5 Å². The summed E-state index contributed by atoms with van der Waals surface area (Å²) in [4.78, 5) is 0. The Labute approximate surface area is 154 Å². The molecule has 0 spiro atoms. The fourth-order valence-corrected chi connectivity index (χ4v) is 2.96. The topological polar surface area (TPSA) is 53.7 Å². The number of rotatable bonds is 8. The van der Waals surface area contributed by atoms with E-state index >= 15 is 0 Å². The minimum absolute atomic E-state index is 0.374. The summed E-state index contributed by atoms with van der Waals surface area (Å²) in [6.45, 7) is 7.55. The van der Waals surface area contributed by atoms with E-state index in [1.54, 1.807) is 7.11 Å². The molecule has 2 aromatic carbocycles. The van der Waals surface area contributed by atoms with E-state index in [4.69, 9.17) is 31.5 Å². The number of aryl methyl sites for hydroxylation is 2. The van der Waals surface area contributed by atoms with Gasteiger partial charge in [0.05, 0.1) is 12.1 Å². The highest BCUT2D eigenvalue weighted by Crippen LogP contribution is 2.36. The number of hydrogen-bond donors (Lipinski definition) is 1. The molecular formula is C20H26ClNO3. The molecule has 5 heteroatoms. The lowest BCUT2D eigenvalue weighted by Gasteiger charge is -2.16. The molecule has 0 aliphatic rings. The van der Waals surface area contributed by atoms with E-state index < -0.39 is 0 Å². The Morgan fingerprint density at radius 1 is 0.960 bits per heavy atom. The van der Waals surface area contributed by atoms with Crippen LogP contribution in [0.4, 0.5) is 0 Å². The normalized spacial score (nSPS) is 10.6. The van der Waals surface area contributed by atoms with Gasteiger partial charge in [-0.1, -0.05) is 17.7 Å². The van der Waals surface area contributed by atoms with Crippen molar-refractivity contribution >= 4 is 11.6 Å². The lowest BCUT2D eigenvalue weighted by atomic mass is 10.1. The SMILES string of the molecule is COc1cc(CCN)cc(Cl)c1OCCOc1cc(C)cc(C)c1C. The number of halogens is 1. The van der Waals surface area contributed by atoms with Gasteiger partial charge in [-0.15, -0.1) is 0 Å². The molecule has 0 unspecified atom stereocenters. The van der Waals surface area contributed by atoms with E-state index in [0.717, 1.165) is 23.3 Å². The van der Waals surface area contributed by atoms with Gasteiger partial charge < -0.3 is 19.9 Å².